The maximum absolute atomic E-state index is 13.1. The molecular formula is C23H26N2O4. The van der Waals surface area contributed by atoms with Crippen LogP contribution in [0, 0.1) is 5.92 Å². The van der Waals surface area contributed by atoms with E-state index in [1.165, 1.54) is 11.3 Å². The molecule has 2 aliphatic rings. The molecule has 0 saturated carbocycles. The predicted molar refractivity (Wildman–Crippen MR) is 111 cm³/mol. The zero-order valence-corrected chi connectivity index (χ0v) is 16.9. The lowest BCUT2D eigenvalue weighted by molar-refractivity contribution is -0.147. The molecule has 6 heteroatoms. The Morgan fingerprint density at radius 2 is 1.69 bits per heavy atom. The van der Waals surface area contributed by atoms with Crippen LogP contribution >= 0.6 is 0 Å². The molecule has 2 aliphatic heterocycles. The number of ether oxygens (including phenoxy) is 1. The molecule has 2 aromatic rings. The van der Waals surface area contributed by atoms with E-state index in [2.05, 4.69) is 4.90 Å². The van der Waals surface area contributed by atoms with Gasteiger partial charge >= 0.3 is 5.97 Å². The third kappa shape index (κ3) is 3.48. The van der Waals surface area contributed by atoms with Gasteiger partial charge in [0.05, 0.1) is 12.5 Å². The highest BCUT2D eigenvalue weighted by atomic mass is 16.5. The van der Waals surface area contributed by atoms with Crippen LogP contribution in [0.4, 0.5) is 5.69 Å². The molecule has 1 fully saturated rings. The van der Waals surface area contributed by atoms with Crippen molar-refractivity contribution < 1.29 is 19.1 Å². The molecule has 0 unspecified atom stereocenters. The molecule has 0 N–H and O–H groups in total. The van der Waals surface area contributed by atoms with Gasteiger partial charge in [-0.3, -0.25) is 19.3 Å². The molecule has 4 rings (SSSR count). The quantitative estimate of drug-likeness (QED) is 0.572. The fraction of sp³-hybridized carbons (Fsp3) is 0.435. The molecule has 0 aliphatic carbocycles. The minimum absolute atomic E-state index is 0.00562. The average Bonchev–Trinajstić information content (AvgIpc) is 2.74. The zero-order valence-electron chi connectivity index (χ0n) is 16.9. The minimum Gasteiger partial charge on any atom is -0.464 e. The molecule has 0 aromatic heterocycles. The van der Waals surface area contributed by atoms with E-state index < -0.39 is 0 Å². The first-order valence-corrected chi connectivity index (χ1v) is 10.3. The van der Waals surface area contributed by atoms with Crippen molar-refractivity contribution in [2.75, 3.05) is 31.1 Å². The summed E-state index contributed by atoms with van der Waals surface area (Å²) >= 11 is 0. The average molecular weight is 394 g/mol. The van der Waals surface area contributed by atoms with Gasteiger partial charge in [-0.25, -0.2) is 0 Å². The van der Waals surface area contributed by atoms with Crippen LogP contribution < -0.4 is 4.90 Å². The van der Waals surface area contributed by atoms with E-state index in [4.69, 9.17) is 4.74 Å². The number of nitrogens with zero attached hydrogens (tertiary/aromatic N) is 2. The Bertz CT molecular complexity index is 954. The predicted octanol–water partition coefficient (Wildman–Crippen LogP) is 3.63. The summed E-state index contributed by atoms with van der Waals surface area (Å²) in [6.07, 6.45) is 3.55. The van der Waals surface area contributed by atoms with Gasteiger partial charge in [0.25, 0.3) is 11.8 Å². The second kappa shape index (κ2) is 7.85. The van der Waals surface area contributed by atoms with Gasteiger partial charge in [0.15, 0.2) is 0 Å². The first-order valence-electron chi connectivity index (χ1n) is 10.3. The molecule has 2 amide bonds. The Labute approximate surface area is 170 Å². The van der Waals surface area contributed by atoms with Crippen LogP contribution in [0.5, 0.6) is 0 Å². The monoisotopic (exact) mass is 394 g/mol. The van der Waals surface area contributed by atoms with Gasteiger partial charge in [-0.05, 0) is 37.5 Å². The summed E-state index contributed by atoms with van der Waals surface area (Å²) in [6.45, 7) is 5.54. The first-order chi connectivity index (χ1) is 14.0. The van der Waals surface area contributed by atoms with Crippen molar-refractivity contribution in [3.63, 3.8) is 0 Å². The summed E-state index contributed by atoms with van der Waals surface area (Å²) in [7, 11) is 0. The molecule has 1 saturated heterocycles. The summed E-state index contributed by atoms with van der Waals surface area (Å²) in [6, 6.07) is 9.47. The van der Waals surface area contributed by atoms with Crippen LogP contribution in [0.2, 0.25) is 0 Å². The molecule has 2 heterocycles. The largest absolute Gasteiger partial charge is 0.464 e. The standard InChI is InChI=1S/C23H26N2O4/c1-15(2)23(28)29-14-13-25-21(26)17-8-6-7-16-19(24-11-4-3-5-12-24)10-9-18(20(16)17)22(25)27/h6-10,15H,3-5,11-14H2,1-2H3. The van der Waals surface area contributed by atoms with E-state index in [0.717, 1.165) is 42.4 Å². The Kier molecular flexibility index (Phi) is 5.26. The third-order valence-corrected chi connectivity index (χ3v) is 5.70. The van der Waals surface area contributed by atoms with Crippen LogP contribution in [0.3, 0.4) is 0 Å². The van der Waals surface area contributed by atoms with Crippen LogP contribution in [-0.2, 0) is 9.53 Å². The smallest absolute Gasteiger partial charge is 0.308 e. The lowest BCUT2D eigenvalue weighted by atomic mass is 9.92. The maximum Gasteiger partial charge on any atom is 0.308 e. The van der Waals surface area contributed by atoms with E-state index >= 15 is 0 Å². The lowest BCUT2D eigenvalue weighted by Crippen LogP contribution is -2.42. The van der Waals surface area contributed by atoms with E-state index in [0.29, 0.717) is 11.1 Å². The number of carbonyl (C=O) groups excluding carboxylic acids is 3. The number of imide groups is 1. The Hall–Kier alpha value is -2.89. The molecule has 0 radical (unpaired) electrons. The summed E-state index contributed by atoms with van der Waals surface area (Å²) in [4.78, 5) is 41.3. The number of hydrogen-bond donors (Lipinski definition) is 0. The Balaban J connectivity index is 1.66. The van der Waals surface area contributed by atoms with Crippen molar-refractivity contribution >= 4 is 34.2 Å². The van der Waals surface area contributed by atoms with Gasteiger partial charge in [-0.1, -0.05) is 26.0 Å². The fourth-order valence-electron chi connectivity index (χ4n) is 4.15. The fourth-order valence-corrected chi connectivity index (χ4v) is 4.15. The maximum atomic E-state index is 13.1. The van der Waals surface area contributed by atoms with Gasteiger partial charge in [-0.2, -0.15) is 0 Å². The molecule has 29 heavy (non-hydrogen) atoms. The van der Waals surface area contributed by atoms with Crippen molar-refractivity contribution in [2.45, 2.75) is 33.1 Å². The van der Waals surface area contributed by atoms with Crippen molar-refractivity contribution in [3.8, 4) is 0 Å². The van der Waals surface area contributed by atoms with Gasteiger partial charge in [-0.15, -0.1) is 0 Å². The molecular weight excluding hydrogens is 368 g/mol. The Morgan fingerprint density at radius 1 is 1.00 bits per heavy atom. The molecule has 0 bridgehead atoms. The van der Waals surface area contributed by atoms with E-state index in [9.17, 15) is 14.4 Å². The second-order valence-electron chi connectivity index (χ2n) is 7.99. The SMILES string of the molecule is CC(C)C(=O)OCCN1C(=O)c2cccc3c(N4CCCCC4)ccc(c23)C1=O. The third-order valence-electron chi connectivity index (χ3n) is 5.70. The number of amides is 2. The van der Waals surface area contributed by atoms with Crippen molar-refractivity contribution in [3.05, 3.63) is 41.5 Å². The van der Waals surface area contributed by atoms with Gasteiger partial charge in [0, 0.05) is 40.7 Å². The van der Waals surface area contributed by atoms with Gasteiger partial charge in [0.2, 0.25) is 0 Å². The number of anilines is 1. The minimum atomic E-state index is -0.337. The van der Waals surface area contributed by atoms with E-state index in [-0.39, 0.29) is 36.9 Å². The van der Waals surface area contributed by atoms with Gasteiger partial charge < -0.3 is 9.64 Å². The number of esters is 1. The summed E-state index contributed by atoms with van der Waals surface area (Å²) < 4.78 is 5.17. The highest BCUT2D eigenvalue weighted by Crippen LogP contribution is 2.36. The molecule has 0 spiro atoms. The van der Waals surface area contributed by atoms with Crippen LogP contribution in [0.1, 0.15) is 53.8 Å². The lowest BCUT2D eigenvalue weighted by Gasteiger charge is -2.32. The van der Waals surface area contributed by atoms with Crippen molar-refractivity contribution in [1.82, 2.24) is 4.90 Å². The number of hydrogen-bond acceptors (Lipinski definition) is 5. The van der Waals surface area contributed by atoms with E-state index in [1.54, 1.807) is 19.9 Å². The molecule has 0 atom stereocenters. The highest BCUT2D eigenvalue weighted by molar-refractivity contribution is 6.26. The number of carbonyl (C=O) groups is 3. The zero-order chi connectivity index (χ0) is 20.5. The molecule has 152 valence electrons. The summed E-state index contributed by atoms with van der Waals surface area (Å²) in [5.74, 6) is -1.24. The highest BCUT2D eigenvalue weighted by Gasteiger charge is 2.33. The molecule has 6 nitrogen and oxygen atoms in total. The van der Waals surface area contributed by atoms with Crippen LogP contribution in [-0.4, -0.2) is 48.9 Å². The van der Waals surface area contributed by atoms with Crippen molar-refractivity contribution in [2.24, 2.45) is 5.92 Å². The van der Waals surface area contributed by atoms with Crippen molar-refractivity contribution in [1.29, 1.82) is 0 Å². The topological polar surface area (TPSA) is 66.9 Å². The van der Waals surface area contributed by atoms with Crippen LogP contribution in [0.15, 0.2) is 30.3 Å². The second-order valence-corrected chi connectivity index (χ2v) is 7.99. The van der Waals surface area contributed by atoms with E-state index in [1.807, 2.05) is 24.3 Å². The first kappa shape index (κ1) is 19.4. The number of benzene rings is 2. The Morgan fingerprint density at radius 3 is 2.38 bits per heavy atom. The van der Waals surface area contributed by atoms with Gasteiger partial charge in [0.1, 0.15) is 6.61 Å². The summed E-state index contributed by atoms with van der Waals surface area (Å²) in [5.41, 5.74) is 2.16. The number of rotatable bonds is 5. The molecule has 2 aromatic carbocycles. The normalized spacial score (nSPS) is 16.7. The number of piperidine rings is 1. The van der Waals surface area contributed by atoms with Crippen LogP contribution in [0.25, 0.3) is 10.8 Å². The summed E-state index contributed by atoms with van der Waals surface area (Å²) in [5, 5.41) is 1.69.